The number of amides is 1. The van der Waals surface area contributed by atoms with Gasteiger partial charge in [0.25, 0.3) is 11.6 Å². The van der Waals surface area contributed by atoms with Crippen LogP contribution in [0.15, 0.2) is 29.6 Å². The molecule has 29 heavy (non-hydrogen) atoms. The standard InChI is InChI=1S/C17H14ClN5O5S/c1-9-16(23(27)28)10(2)21(20-9)7-11-5-15(29-8-11)17(24)19-13-4-3-12(18)6-14(13)22(25)26/h3-6,8H,7H2,1-2H3,(H,19,24). The van der Waals surface area contributed by atoms with Crippen molar-refractivity contribution in [3.05, 3.63) is 76.7 Å². The van der Waals surface area contributed by atoms with Crippen LogP contribution in [0.5, 0.6) is 0 Å². The Morgan fingerprint density at radius 3 is 2.59 bits per heavy atom. The lowest BCUT2D eigenvalue weighted by Gasteiger charge is -2.05. The third-order valence-corrected chi connectivity index (χ3v) is 5.35. The van der Waals surface area contributed by atoms with Crippen molar-refractivity contribution < 1.29 is 14.6 Å². The second kappa shape index (κ2) is 7.97. The quantitative estimate of drug-likeness (QED) is 0.452. The van der Waals surface area contributed by atoms with Crippen LogP contribution in [0.25, 0.3) is 0 Å². The highest BCUT2D eigenvalue weighted by Crippen LogP contribution is 2.29. The summed E-state index contributed by atoms with van der Waals surface area (Å²) >= 11 is 6.93. The number of anilines is 1. The molecule has 150 valence electrons. The number of halogens is 1. The Morgan fingerprint density at radius 2 is 1.97 bits per heavy atom. The molecule has 0 unspecified atom stereocenters. The van der Waals surface area contributed by atoms with Gasteiger partial charge < -0.3 is 5.32 Å². The van der Waals surface area contributed by atoms with E-state index >= 15 is 0 Å². The number of carbonyl (C=O) groups excluding carboxylic acids is 1. The Balaban J connectivity index is 1.79. The van der Waals surface area contributed by atoms with Gasteiger partial charge in [0.05, 0.1) is 21.3 Å². The summed E-state index contributed by atoms with van der Waals surface area (Å²) in [6, 6.07) is 5.58. The highest BCUT2D eigenvalue weighted by atomic mass is 35.5. The molecule has 0 aliphatic rings. The van der Waals surface area contributed by atoms with Crippen molar-refractivity contribution in [2.24, 2.45) is 0 Å². The number of aromatic nitrogens is 2. The number of rotatable bonds is 6. The average molecular weight is 436 g/mol. The Hall–Kier alpha value is -3.31. The number of nitrogens with one attached hydrogen (secondary N) is 1. The van der Waals surface area contributed by atoms with E-state index in [1.807, 2.05) is 0 Å². The number of aryl methyl sites for hydroxylation is 1. The molecule has 10 nitrogen and oxygen atoms in total. The molecule has 0 spiro atoms. The summed E-state index contributed by atoms with van der Waals surface area (Å²) in [5, 5.41) is 30.9. The third kappa shape index (κ3) is 4.25. The molecule has 0 radical (unpaired) electrons. The van der Waals surface area contributed by atoms with Gasteiger partial charge in [-0.3, -0.25) is 29.7 Å². The summed E-state index contributed by atoms with van der Waals surface area (Å²) < 4.78 is 1.50. The second-order valence-electron chi connectivity index (χ2n) is 6.13. The number of nitro benzene ring substituents is 1. The van der Waals surface area contributed by atoms with Gasteiger partial charge in [0.1, 0.15) is 17.1 Å². The smallest absolute Gasteiger partial charge is 0.312 e. The highest BCUT2D eigenvalue weighted by molar-refractivity contribution is 7.12. The van der Waals surface area contributed by atoms with Gasteiger partial charge in [-0.2, -0.15) is 5.10 Å². The van der Waals surface area contributed by atoms with E-state index in [0.717, 1.165) is 23.0 Å². The monoisotopic (exact) mass is 435 g/mol. The van der Waals surface area contributed by atoms with Gasteiger partial charge in [0.2, 0.25) is 0 Å². The molecule has 3 aromatic rings. The maximum Gasteiger partial charge on any atom is 0.312 e. The van der Waals surface area contributed by atoms with E-state index in [1.165, 1.54) is 16.8 Å². The van der Waals surface area contributed by atoms with Gasteiger partial charge in [-0.15, -0.1) is 11.3 Å². The van der Waals surface area contributed by atoms with Crippen LogP contribution in [0.1, 0.15) is 26.6 Å². The lowest BCUT2D eigenvalue weighted by atomic mass is 10.2. The van der Waals surface area contributed by atoms with Crippen LogP contribution in [0.2, 0.25) is 5.02 Å². The summed E-state index contributed by atoms with van der Waals surface area (Å²) in [6.07, 6.45) is 0. The normalized spacial score (nSPS) is 10.7. The summed E-state index contributed by atoms with van der Waals surface area (Å²) in [5.41, 5.74) is 1.16. The molecule has 0 bridgehead atoms. The maximum atomic E-state index is 12.5. The summed E-state index contributed by atoms with van der Waals surface area (Å²) in [4.78, 5) is 34.0. The molecule has 0 aliphatic carbocycles. The summed E-state index contributed by atoms with van der Waals surface area (Å²) in [7, 11) is 0. The Kier molecular flexibility index (Phi) is 5.62. The molecule has 2 aromatic heterocycles. The fourth-order valence-corrected chi connectivity index (χ4v) is 3.77. The van der Waals surface area contributed by atoms with Crippen LogP contribution < -0.4 is 5.32 Å². The zero-order valence-corrected chi connectivity index (χ0v) is 16.8. The van der Waals surface area contributed by atoms with Crippen LogP contribution in [0.4, 0.5) is 17.1 Å². The highest BCUT2D eigenvalue weighted by Gasteiger charge is 2.22. The van der Waals surface area contributed by atoms with Crippen molar-refractivity contribution in [1.29, 1.82) is 0 Å². The Morgan fingerprint density at radius 1 is 1.24 bits per heavy atom. The van der Waals surface area contributed by atoms with Crippen LogP contribution in [0.3, 0.4) is 0 Å². The minimum Gasteiger partial charge on any atom is -0.316 e. The van der Waals surface area contributed by atoms with Crippen molar-refractivity contribution in [3.8, 4) is 0 Å². The van der Waals surface area contributed by atoms with E-state index < -0.39 is 15.8 Å². The third-order valence-electron chi connectivity index (χ3n) is 4.14. The molecule has 12 heteroatoms. The lowest BCUT2D eigenvalue weighted by molar-refractivity contribution is -0.386. The number of carbonyl (C=O) groups is 1. The summed E-state index contributed by atoms with van der Waals surface area (Å²) in [6.45, 7) is 3.43. The lowest BCUT2D eigenvalue weighted by Crippen LogP contribution is -2.11. The number of nitro groups is 2. The van der Waals surface area contributed by atoms with Crippen molar-refractivity contribution in [2.45, 2.75) is 20.4 Å². The molecule has 0 aliphatic heterocycles. The number of benzene rings is 1. The second-order valence-corrected chi connectivity index (χ2v) is 7.47. The van der Waals surface area contributed by atoms with Gasteiger partial charge >= 0.3 is 5.69 Å². The minimum atomic E-state index is -0.628. The fourth-order valence-electron chi connectivity index (χ4n) is 2.80. The number of hydrogen-bond donors (Lipinski definition) is 1. The molecule has 0 atom stereocenters. The molecular weight excluding hydrogens is 422 g/mol. The summed E-state index contributed by atoms with van der Waals surface area (Å²) in [5.74, 6) is -0.508. The minimum absolute atomic E-state index is 0.0340. The van der Waals surface area contributed by atoms with Gasteiger partial charge in [0.15, 0.2) is 0 Å². The first kappa shape index (κ1) is 20.4. The average Bonchev–Trinajstić information content (AvgIpc) is 3.21. The zero-order chi connectivity index (χ0) is 21.3. The molecule has 0 saturated heterocycles. The molecule has 1 amide bonds. The van der Waals surface area contributed by atoms with Gasteiger partial charge in [-0.05, 0) is 43.0 Å². The zero-order valence-electron chi connectivity index (χ0n) is 15.2. The molecule has 3 rings (SSSR count). The first-order chi connectivity index (χ1) is 13.7. The number of hydrogen-bond acceptors (Lipinski definition) is 7. The maximum absolute atomic E-state index is 12.5. The largest absolute Gasteiger partial charge is 0.316 e. The van der Waals surface area contributed by atoms with E-state index in [1.54, 1.807) is 25.3 Å². The predicted octanol–water partition coefficient (Wildman–Crippen LogP) is 4.33. The van der Waals surface area contributed by atoms with Crippen LogP contribution in [-0.2, 0) is 6.54 Å². The molecule has 0 saturated carbocycles. The van der Waals surface area contributed by atoms with Crippen molar-refractivity contribution in [2.75, 3.05) is 5.32 Å². The SMILES string of the molecule is Cc1nn(Cc2csc(C(=O)Nc3ccc(Cl)cc3[N+](=O)[O-])c2)c(C)c1[N+](=O)[O-]. The van der Waals surface area contributed by atoms with E-state index in [-0.39, 0.29) is 28.6 Å². The molecule has 0 fully saturated rings. The Labute approximate surface area is 173 Å². The van der Waals surface area contributed by atoms with E-state index in [2.05, 4.69) is 10.4 Å². The van der Waals surface area contributed by atoms with Crippen molar-refractivity contribution in [1.82, 2.24) is 9.78 Å². The van der Waals surface area contributed by atoms with Crippen molar-refractivity contribution in [3.63, 3.8) is 0 Å². The van der Waals surface area contributed by atoms with Gasteiger partial charge in [0, 0.05) is 11.1 Å². The Bertz CT molecular complexity index is 1140. The van der Waals surface area contributed by atoms with Gasteiger partial charge in [-0.25, -0.2) is 0 Å². The van der Waals surface area contributed by atoms with E-state index in [9.17, 15) is 25.0 Å². The first-order valence-electron chi connectivity index (χ1n) is 8.18. The molecule has 1 N–H and O–H groups in total. The predicted molar refractivity (Wildman–Crippen MR) is 108 cm³/mol. The fraction of sp³-hybridized carbons (Fsp3) is 0.176. The van der Waals surface area contributed by atoms with Crippen LogP contribution in [0, 0.1) is 34.1 Å². The van der Waals surface area contributed by atoms with Crippen molar-refractivity contribution >= 4 is 45.9 Å². The molecular formula is C17H14ClN5O5S. The molecule has 2 heterocycles. The van der Waals surface area contributed by atoms with Crippen LogP contribution >= 0.6 is 22.9 Å². The first-order valence-corrected chi connectivity index (χ1v) is 9.44. The van der Waals surface area contributed by atoms with Gasteiger partial charge in [-0.1, -0.05) is 11.6 Å². The topological polar surface area (TPSA) is 133 Å². The van der Waals surface area contributed by atoms with Crippen LogP contribution in [-0.4, -0.2) is 25.5 Å². The number of nitrogens with zero attached hydrogens (tertiary/aromatic N) is 4. The van der Waals surface area contributed by atoms with E-state index in [4.69, 9.17) is 11.6 Å². The molecule has 1 aromatic carbocycles. The number of thiophene rings is 1. The van der Waals surface area contributed by atoms with E-state index in [0.29, 0.717) is 16.3 Å².